The van der Waals surface area contributed by atoms with E-state index in [0.717, 1.165) is 16.9 Å². The van der Waals surface area contributed by atoms with Gasteiger partial charge in [0.05, 0.1) is 6.54 Å². The zero-order valence-corrected chi connectivity index (χ0v) is 11.2. The van der Waals surface area contributed by atoms with Gasteiger partial charge in [-0.25, -0.2) is 0 Å². The Hall–Kier alpha value is -1.95. The first-order valence-electron chi connectivity index (χ1n) is 5.94. The Morgan fingerprint density at radius 2 is 1.95 bits per heavy atom. The molecule has 0 heterocycles. The minimum atomic E-state index is 0.364. The van der Waals surface area contributed by atoms with Gasteiger partial charge in [0.25, 0.3) is 0 Å². The van der Waals surface area contributed by atoms with E-state index in [0.29, 0.717) is 18.2 Å². The van der Waals surface area contributed by atoms with Crippen molar-refractivity contribution in [2.45, 2.75) is 6.61 Å². The van der Waals surface area contributed by atoms with Crippen molar-refractivity contribution in [3.8, 4) is 17.6 Å². The summed E-state index contributed by atoms with van der Waals surface area (Å²) in [5.41, 5.74) is 7.35. The molecule has 0 unspecified atom stereocenters. The van der Waals surface area contributed by atoms with Crippen molar-refractivity contribution in [2.75, 3.05) is 6.54 Å². The van der Waals surface area contributed by atoms with Crippen LogP contribution in [0, 0.1) is 11.8 Å². The summed E-state index contributed by atoms with van der Waals surface area (Å²) >= 11 is 5.90. The fourth-order valence-corrected chi connectivity index (χ4v) is 1.80. The van der Waals surface area contributed by atoms with Gasteiger partial charge in [-0.3, -0.25) is 0 Å². The van der Waals surface area contributed by atoms with E-state index in [1.807, 2.05) is 42.5 Å². The normalized spacial score (nSPS) is 9.58. The van der Waals surface area contributed by atoms with Crippen LogP contribution in [-0.4, -0.2) is 6.54 Å². The van der Waals surface area contributed by atoms with E-state index in [9.17, 15) is 0 Å². The minimum Gasteiger partial charge on any atom is -0.489 e. The van der Waals surface area contributed by atoms with Crippen LogP contribution in [0.2, 0.25) is 5.02 Å². The summed E-state index contributed by atoms with van der Waals surface area (Å²) in [6, 6.07) is 15.2. The van der Waals surface area contributed by atoms with Crippen molar-refractivity contribution in [3.63, 3.8) is 0 Å². The molecule has 96 valence electrons. The molecule has 0 aromatic heterocycles. The van der Waals surface area contributed by atoms with Crippen LogP contribution in [0.3, 0.4) is 0 Å². The fraction of sp³-hybridized carbons (Fsp3) is 0.125. The third-order valence-electron chi connectivity index (χ3n) is 2.46. The summed E-state index contributed by atoms with van der Waals surface area (Å²) in [4.78, 5) is 0. The Bertz CT molecular complexity index is 613. The summed E-state index contributed by atoms with van der Waals surface area (Å²) in [5, 5.41) is 0.667. The largest absolute Gasteiger partial charge is 0.489 e. The van der Waals surface area contributed by atoms with Crippen molar-refractivity contribution >= 4 is 11.6 Å². The number of benzene rings is 2. The highest BCUT2D eigenvalue weighted by atomic mass is 35.5. The Morgan fingerprint density at radius 1 is 1.11 bits per heavy atom. The summed E-state index contributed by atoms with van der Waals surface area (Å²) in [5.74, 6) is 6.59. The molecule has 0 amide bonds. The SMILES string of the molecule is NCC#Cc1cccc(COc2cccc(Cl)c2)c1. The monoisotopic (exact) mass is 271 g/mol. The topological polar surface area (TPSA) is 35.2 Å². The lowest BCUT2D eigenvalue weighted by molar-refractivity contribution is 0.306. The van der Waals surface area contributed by atoms with Gasteiger partial charge in [-0.05, 0) is 35.9 Å². The first kappa shape index (κ1) is 13.5. The molecule has 0 atom stereocenters. The summed E-state index contributed by atoms with van der Waals surface area (Å²) in [6.45, 7) is 0.849. The number of rotatable bonds is 3. The number of halogens is 1. The van der Waals surface area contributed by atoms with Crippen molar-refractivity contribution < 1.29 is 4.74 Å². The summed E-state index contributed by atoms with van der Waals surface area (Å²) in [7, 11) is 0. The van der Waals surface area contributed by atoms with Crippen LogP contribution in [0.4, 0.5) is 0 Å². The number of hydrogen-bond acceptors (Lipinski definition) is 2. The van der Waals surface area contributed by atoms with Crippen LogP contribution in [-0.2, 0) is 6.61 Å². The van der Waals surface area contributed by atoms with Crippen LogP contribution >= 0.6 is 11.6 Å². The lowest BCUT2D eigenvalue weighted by Crippen LogP contribution is -1.96. The second-order valence-electron chi connectivity index (χ2n) is 3.95. The van der Waals surface area contributed by atoms with Crippen molar-refractivity contribution in [1.82, 2.24) is 0 Å². The van der Waals surface area contributed by atoms with Crippen LogP contribution in [0.15, 0.2) is 48.5 Å². The highest BCUT2D eigenvalue weighted by molar-refractivity contribution is 6.30. The Labute approximate surface area is 118 Å². The van der Waals surface area contributed by atoms with Gasteiger partial charge in [-0.2, -0.15) is 0 Å². The third kappa shape index (κ3) is 4.33. The molecule has 3 heteroatoms. The second kappa shape index (κ2) is 6.84. The van der Waals surface area contributed by atoms with Crippen molar-refractivity contribution in [2.24, 2.45) is 5.73 Å². The third-order valence-corrected chi connectivity index (χ3v) is 2.70. The zero-order chi connectivity index (χ0) is 13.5. The van der Waals surface area contributed by atoms with E-state index < -0.39 is 0 Å². The lowest BCUT2D eigenvalue weighted by Gasteiger charge is -2.06. The fourth-order valence-electron chi connectivity index (χ4n) is 1.62. The molecule has 0 aliphatic rings. The van der Waals surface area contributed by atoms with Gasteiger partial charge in [0.15, 0.2) is 0 Å². The average molecular weight is 272 g/mol. The molecule has 0 saturated heterocycles. The van der Waals surface area contributed by atoms with E-state index in [2.05, 4.69) is 11.8 Å². The van der Waals surface area contributed by atoms with Gasteiger partial charge in [-0.15, -0.1) is 0 Å². The molecule has 2 nitrogen and oxygen atoms in total. The summed E-state index contributed by atoms with van der Waals surface area (Å²) < 4.78 is 5.68. The standard InChI is InChI=1S/C16H14ClNO/c17-15-7-2-8-16(11-15)19-12-14-5-1-4-13(10-14)6-3-9-18/h1-2,4-5,7-8,10-11H,9,12,18H2. The quantitative estimate of drug-likeness (QED) is 0.870. The molecular formula is C16H14ClNO. The molecule has 0 saturated carbocycles. The maximum absolute atomic E-state index is 5.90. The molecule has 2 aromatic carbocycles. The Morgan fingerprint density at radius 3 is 2.74 bits per heavy atom. The predicted molar refractivity (Wildman–Crippen MR) is 78.2 cm³/mol. The number of nitrogens with two attached hydrogens (primary N) is 1. The maximum atomic E-state index is 5.90. The smallest absolute Gasteiger partial charge is 0.121 e. The van der Waals surface area contributed by atoms with Crippen molar-refractivity contribution in [3.05, 3.63) is 64.7 Å². The molecule has 0 fully saturated rings. The van der Waals surface area contributed by atoms with Gasteiger partial charge < -0.3 is 10.5 Å². The lowest BCUT2D eigenvalue weighted by atomic mass is 10.1. The van der Waals surface area contributed by atoms with E-state index in [1.54, 1.807) is 6.07 Å². The minimum absolute atomic E-state index is 0.364. The number of hydrogen-bond donors (Lipinski definition) is 1. The number of ether oxygens (including phenoxy) is 1. The predicted octanol–water partition coefficient (Wildman–Crippen LogP) is 3.23. The molecule has 0 radical (unpaired) electrons. The molecule has 19 heavy (non-hydrogen) atoms. The van der Waals surface area contributed by atoms with Crippen LogP contribution in [0.1, 0.15) is 11.1 Å². The average Bonchev–Trinajstić information content (AvgIpc) is 2.43. The van der Waals surface area contributed by atoms with Crippen LogP contribution in [0.5, 0.6) is 5.75 Å². The highest BCUT2D eigenvalue weighted by Crippen LogP contribution is 2.18. The Kier molecular flexibility index (Phi) is 4.85. The zero-order valence-electron chi connectivity index (χ0n) is 10.4. The van der Waals surface area contributed by atoms with Gasteiger partial charge in [0.2, 0.25) is 0 Å². The molecular weight excluding hydrogens is 258 g/mol. The molecule has 0 aliphatic heterocycles. The van der Waals surface area contributed by atoms with E-state index in [-0.39, 0.29) is 0 Å². The van der Waals surface area contributed by atoms with Crippen molar-refractivity contribution in [1.29, 1.82) is 0 Å². The van der Waals surface area contributed by atoms with Gasteiger partial charge in [0, 0.05) is 10.6 Å². The maximum Gasteiger partial charge on any atom is 0.121 e. The highest BCUT2D eigenvalue weighted by Gasteiger charge is 1.98. The second-order valence-corrected chi connectivity index (χ2v) is 4.39. The molecule has 2 N–H and O–H groups in total. The van der Waals surface area contributed by atoms with E-state index in [1.165, 1.54) is 0 Å². The first-order chi connectivity index (χ1) is 9.28. The molecule has 0 aliphatic carbocycles. The molecule has 0 spiro atoms. The van der Waals surface area contributed by atoms with Crippen LogP contribution < -0.4 is 10.5 Å². The molecule has 2 aromatic rings. The van der Waals surface area contributed by atoms with Gasteiger partial charge >= 0.3 is 0 Å². The Balaban J connectivity index is 2.03. The van der Waals surface area contributed by atoms with Gasteiger partial charge in [0.1, 0.15) is 12.4 Å². The van der Waals surface area contributed by atoms with Crippen LogP contribution in [0.25, 0.3) is 0 Å². The van der Waals surface area contributed by atoms with E-state index >= 15 is 0 Å². The molecule has 2 rings (SSSR count). The summed E-state index contributed by atoms with van der Waals surface area (Å²) in [6.07, 6.45) is 0. The van der Waals surface area contributed by atoms with Gasteiger partial charge in [-0.1, -0.05) is 41.6 Å². The van der Waals surface area contributed by atoms with E-state index in [4.69, 9.17) is 22.1 Å². The first-order valence-corrected chi connectivity index (χ1v) is 6.32. The molecule has 0 bridgehead atoms.